The second-order valence-corrected chi connectivity index (χ2v) is 12.9. The Kier molecular flexibility index (Phi) is 4.43. The van der Waals surface area contributed by atoms with Crippen molar-refractivity contribution in [3.63, 3.8) is 0 Å². The Labute approximate surface area is 307 Å². The minimum Gasteiger partial charge on any atom is -0.456 e. The van der Waals surface area contributed by atoms with E-state index in [4.69, 9.17) is 14.0 Å². The van der Waals surface area contributed by atoms with Crippen molar-refractivity contribution in [2.45, 2.75) is 0 Å². The van der Waals surface area contributed by atoms with Gasteiger partial charge in [0.05, 0.1) is 12.3 Å². The van der Waals surface area contributed by atoms with E-state index >= 15 is 0 Å². The lowest BCUT2D eigenvalue weighted by Gasteiger charge is -2.18. The third-order valence-corrected chi connectivity index (χ3v) is 10.1. The minimum absolute atomic E-state index is 0.0582. The van der Waals surface area contributed by atoms with E-state index in [-0.39, 0.29) is 68.5 Å². The highest BCUT2D eigenvalue weighted by Crippen LogP contribution is 2.45. The summed E-state index contributed by atoms with van der Waals surface area (Å²) in [5.74, 6) is 0. The number of furan rings is 1. The van der Waals surface area contributed by atoms with Gasteiger partial charge in [-0.15, -0.1) is 0 Å². The van der Waals surface area contributed by atoms with Gasteiger partial charge in [0, 0.05) is 10.8 Å². The Morgan fingerprint density at radius 3 is 1.57 bits per heavy atom. The zero-order chi connectivity index (χ0) is 41.3. The summed E-state index contributed by atoms with van der Waals surface area (Å²) >= 11 is 0. The first-order chi connectivity index (χ1) is 29.0. The maximum Gasteiger partial charge on any atom is 0.136 e. The summed E-state index contributed by atoms with van der Waals surface area (Å²) in [6.45, 7) is 0. The number of rotatable bonds is 3. The molecule has 0 aliphatic heterocycles. The van der Waals surface area contributed by atoms with Crippen LogP contribution in [0.2, 0.25) is 0 Å². The van der Waals surface area contributed by atoms with Crippen LogP contribution in [0, 0.1) is 0 Å². The molecule has 1 aromatic heterocycles. The molecule has 0 aliphatic carbocycles. The van der Waals surface area contributed by atoms with Gasteiger partial charge in [-0.2, -0.15) is 0 Å². The first kappa shape index (κ1) is 20.7. The predicted octanol–water partition coefficient (Wildman–Crippen LogP) is 14.4. The Bertz CT molecular complexity index is 3660. The molecule has 0 fully saturated rings. The molecule has 0 atom stereocenters. The fourth-order valence-electron chi connectivity index (χ4n) is 7.79. The van der Waals surface area contributed by atoms with Gasteiger partial charge in [-0.1, -0.05) is 145 Å². The molecular formula is C50H30O. The SMILES string of the molecule is [2H]c1c([2H])c(-c2ccc3ccc(-c4c5ccccc5c(-c5ccc6ccccc6c5)c5ccccc45)cc3c2)c2c(oc3c([2H])c4c([2H])c([2H])c([2H])c([2H])c4c([2H])c32)c1[2H]. The van der Waals surface area contributed by atoms with Crippen molar-refractivity contribution in [1.82, 2.24) is 0 Å². The molecule has 0 saturated carbocycles. The van der Waals surface area contributed by atoms with Crippen LogP contribution in [-0.2, 0) is 0 Å². The lowest BCUT2D eigenvalue weighted by Crippen LogP contribution is -1.91. The summed E-state index contributed by atoms with van der Waals surface area (Å²) in [5.41, 5.74) is 4.90. The van der Waals surface area contributed by atoms with Gasteiger partial charge < -0.3 is 4.42 Å². The Morgan fingerprint density at radius 2 is 0.902 bits per heavy atom. The molecule has 0 bridgehead atoms. The largest absolute Gasteiger partial charge is 0.456 e. The van der Waals surface area contributed by atoms with E-state index in [1.54, 1.807) is 0 Å². The highest BCUT2D eigenvalue weighted by atomic mass is 16.3. The fraction of sp³-hybridized carbons (Fsp3) is 0. The molecule has 0 aliphatic rings. The zero-order valence-electron chi connectivity index (χ0n) is 36.0. The van der Waals surface area contributed by atoms with Crippen molar-refractivity contribution >= 4 is 75.8 Å². The molecule has 0 amide bonds. The van der Waals surface area contributed by atoms with Crippen LogP contribution in [0.25, 0.3) is 109 Å². The van der Waals surface area contributed by atoms with Crippen molar-refractivity contribution in [2.75, 3.05) is 0 Å². The molecule has 10 aromatic carbocycles. The van der Waals surface area contributed by atoms with E-state index in [9.17, 15) is 2.74 Å². The fourth-order valence-corrected chi connectivity index (χ4v) is 7.79. The summed E-state index contributed by atoms with van der Waals surface area (Å²) in [6.07, 6.45) is 0. The average molecular weight is 656 g/mol. The van der Waals surface area contributed by atoms with Crippen LogP contribution in [0.4, 0.5) is 0 Å². The number of benzene rings is 10. The second kappa shape index (κ2) is 10.9. The molecule has 11 aromatic rings. The lowest BCUT2D eigenvalue weighted by molar-refractivity contribution is 0.669. The molecule has 0 spiro atoms. The van der Waals surface area contributed by atoms with Crippen LogP contribution < -0.4 is 0 Å². The monoisotopic (exact) mass is 655 g/mol. The highest BCUT2D eigenvalue weighted by Gasteiger charge is 2.18. The van der Waals surface area contributed by atoms with Gasteiger partial charge in [-0.05, 0) is 124 Å². The smallest absolute Gasteiger partial charge is 0.136 e. The third-order valence-electron chi connectivity index (χ3n) is 10.1. The maximum atomic E-state index is 9.32. The average Bonchev–Trinajstić information content (AvgIpc) is 3.68. The summed E-state index contributed by atoms with van der Waals surface area (Å²) in [7, 11) is 0. The van der Waals surface area contributed by atoms with Crippen LogP contribution >= 0.6 is 0 Å². The molecule has 1 heteroatoms. The van der Waals surface area contributed by atoms with E-state index in [0.717, 1.165) is 54.6 Å². The molecule has 51 heavy (non-hydrogen) atoms. The van der Waals surface area contributed by atoms with Gasteiger partial charge >= 0.3 is 0 Å². The van der Waals surface area contributed by atoms with Gasteiger partial charge in [0.15, 0.2) is 0 Å². The molecule has 236 valence electrons. The zero-order valence-corrected chi connectivity index (χ0v) is 27.0. The Morgan fingerprint density at radius 1 is 0.373 bits per heavy atom. The minimum atomic E-state index is -0.531. The van der Waals surface area contributed by atoms with Crippen LogP contribution in [0.1, 0.15) is 12.3 Å². The normalized spacial score (nSPS) is 14.4. The van der Waals surface area contributed by atoms with Crippen LogP contribution in [-0.4, -0.2) is 0 Å². The Balaban J connectivity index is 1.17. The third kappa shape index (κ3) is 4.35. The predicted molar refractivity (Wildman–Crippen MR) is 218 cm³/mol. The maximum absolute atomic E-state index is 9.32. The molecule has 1 heterocycles. The molecule has 0 unspecified atom stereocenters. The van der Waals surface area contributed by atoms with E-state index in [1.165, 1.54) is 10.8 Å². The molecule has 11 rings (SSSR count). The van der Waals surface area contributed by atoms with Gasteiger partial charge in [0.1, 0.15) is 11.2 Å². The first-order valence-corrected chi connectivity index (χ1v) is 16.9. The summed E-state index contributed by atoms with van der Waals surface area (Å²) < 4.78 is 85.1. The van der Waals surface area contributed by atoms with Crippen molar-refractivity contribution in [1.29, 1.82) is 0 Å². The quantitative estimate of drug-likeness (QED) is 0.173. The molecular weight excluding hydrogens is 617 g/mol. The topological polar surface area (TPSA) is 13.1 Å². The molecule has 0 saturated heterocycles. The van der Waals surface area contributed by atoms with E-state index in [2.05, 4.69) is 109 Å². The summed E-state index contributed by atoms with van der Waals surface area (Å²) in [4.78, 5) is 0. The van der Waals surface area contributed by atoms with Gasteiger partial charge in [0.2, 0.25) is 0 Å². The second-order valence-electron chi connectivity index (χ2n) is 12.9. The van der Waals surface area contributed by atoms with Gasteiger partial charge in [-0.25, -0.2) is 0 Å². The van der Waals surface area contributed by atoms with Crippen molar-refractivity contribution in [3.05, 3.63) is 182 Å². The van der Waals surface area contributed by atoms with E-state index in [0.29, 0.717) is 5.56 Å². The Hall–Kier alpha value is -6.70. The number of hydrogen-bond acceptors (Lipinski definition) is 1. The van der Waals surface area contributed by atoms with E-state index in [1.807, 2.05) is 18.2 Å². The molecule has 0 radical (unpaired) electrons. The highest BCUT2D eigenvalue weighted by molar-refractivity contribution is 6.22. The van der Waals surface area contributed by atoms with Gasteiger partial charge in [0.25, 0.3) is 0 Å². The van der Waals surface area contributed by atoms with Crippen molar-refractivity contribution in [2.24, 2.45) is 0 Å². The van der Waals surface area contributed by atoms with Crippen molar-refractivity contribution < 1.29 is 16.8 Å². The number of hydrogen-bond donors (Lipinski definition) is 0. The summed E-state index contributed by atoms with van der Waals surface area (Å²) in [6, 6.07) is 40.3. The summed E-state index contributed by atoms with van der Waals surface area (Å²) in [5, 5.41) is 8.51. The van der Waals surface area contributed by atoms with Crippen LogP contribution in [0.15, 0.2) is 186 Å². The van der Waals surface area contributed by atoms with E-state index < -0.39 is 24.2 Å². The molecule has 1 nitrogen and oxygen atoms in total. The lowest BCUT2D eigenvalue weighted by atomic mass is 9.85. The standard InChI is InChI=1S/C50H30O/c1-2-11-33-26-37(24-21-31(33)10-1)48-41-14-5-7-16-43(41)49(44-17-8-6-15-42(44)48)38-25-22-32-20-23-36(27-39(32)28-38)40-18-9-19-46-50(40)45-29-34-12-3-4-13-35(34)30-47(45)51-46/h1-30H/i3D,4D,9D,12D,13D,18D,19D,29D,30D. The van der Waals surface area contributed by atoms with Crippen LogP contribution in [0.3, 0.4) is 0 Å². The first-order valence-electron chi connectivity index (χ1n) is 21.4. The van der Waals surface area contributed by atoms with Crippen LogP contribution in [0.5, 0.6) is 0 Å². The van der Waals surface area contributed by atoms with Crippen molar-refractivity contribution in [3.8, 4) is 33.4 Å². The molecule has 0 N–H and O–H groups in total. The number of fused-ring (bicyclic) bond motifs is 8. The van der Waals surface area contributed by atoms with Gasteiger partial charge in [-0.3, -0.25) is 0 Å².